The minimum Gasteiger partial charge on any atom is -0.341 e. The first-order valence-electron chi connectivity index (χ1n) is 9.47. The van der Waals surface area contributed by atoms with E-state index < -0.39 is 0 Å². The number of hydrogen-bond acceptors (Lipinski definition) is 4. The van der Waals surface area contributed by atoms with Crippen molar-refractivity contribution in [3.63, 3.8) is 0 Å². The number of carbonyl (C=O) groups is 1. The predicted molar refractivity (Wildman–Crippen MR) is 116 cm³/mol. The lowest BCUT2D eigenvalue weighted by atomic mass is 9.99. The second kappa shape index (κ2) is 7.28. The van der Waals surface area contributed by atoms with Gasteiger partial charge in [-0.3, -0.25) is 9.20 Å². The van der Waals surface area contributed by atoms with Crippen LogP contribution in [0.5, 0.6) is 0 Å². The molecule has 144 valence electrons. The lowest BCUT2D eigenvalue weighted by Gasteiger charge is -2.16. The Kier molecular flexibility index (Phi) is 4.65. The number of para-hydroxylation sites is 2. The van der Waals surface area contributed by atoms with Gasteiger partial charge in [-0.2, -0.15) is 5.26 Å². The number of rotatable bonds is 4. The average Bonchev–Trinajstić information content (AvgIpc) is 3.08. The molecule has 29 heavy (non-hydrogen) atoms. The van der Waals surface area contributed by atoms with Gasteiger partial charge in [0.05, 0.1) is 16.6 Å². The largest absolute Gasteiger partial charge is 0.341 e. The van der Waals surface area contributed by atoms with E-state index in [-0.39, 0.29) is 11.8 Å². The summed E-state index contributed by atoms with van der Waals surface area (Å²) >= 11 is 0. The molecule has 0 aliphatic heterocycles. The third-order valence-corrected chi connectivity index (χ3v) is 4.82. The van der Waals surface area contributed by atoms with Crippen molar-refractivity contribution in [2.75, 3.05) is 10.6 Å². The molecule has 6 nitrogen and oxygen atoms in total. The highest BCUT2D eigenvalue weighted by atomic mass is 16.1. The normalized spacial score (nSPS) is 11.0. The zero-order valence-corrected chi connectivity index (χ0v) is 16.5. The van der Waals surface area contributed by atoms with E-state index in [9.17, 15) is 10.1 Å². The number of hydrogen-bond donors (Lipinski definition) is 2. The van der Waals surface area contributed by atoms with Crippen molar-refractivity contribution in [3.05, 3.63) is 65.7 Å². The van der Waals surface area contributed by atoms with E-state index in [1.165, 1.54) is 6.92 Å². The molecule has 6 heteroatoms. The summed E-state index contributed by atoms with van der Waals surface area (Å²) in [5.74, 6) is 0.909. The van der Waals surface area contributed by atoms with Gasteiger partial charge in [-0.15, -0.1) is 0 Å². The van der Waals surface area contributed by atoms with E-state index in [0.29, 0.717) is 11.2 Å². The number of fused-ring (bicyclic) bond motifs is 3. The maximum atomic E-state index is 11.2. The molecule has 0 radical (unpaired) electrons. The second-order valence-corrected chi connectivity index (χ2v) is 7.27. The Morgan fingerprint density at radius 2 is 1.79 bits per heavy atom. The predicted octanol–water partition coefficient (Wildman–Crippen LogP) is 5.18. The summed E-state index contributed by atoms with van der Waals surface area (Å²) in [6.07, 6.45) is 0. The van der Waals surface area contributed by atoms with Gasteiger partial charge in [0.2, 0.25) is 5.91 Å². The van der Waals surface area contributed by atoms with Crippen molar-refractivity contribution in [2.24, 2.45) is 0 Å². The SMILES string of the molecule is CC(=O)Nc1ccc(Nc2cc(C(C)C)c(C#N)c3nc4ccccc4n23)cc1. The molecule has 2 aromatic heterocycles. The van der Waals surface area contributed by atoms with Crippen LogP contribution in [0.4, 0.5) is 17.2 Å². The van der Waals surface area contributed by atoms with Crippen LogP contribution in [0, 0.1) is 11.3 Å². The van der Waals surface area contributed by atoms with Gasteiger partial charge < -0.3 is 10.6 Å². The van der Waals surface area contributed by atoms with Crippen LogP contribution in [-0.2, 0) is 4.79 Å². The van der Waals surface area contributed by atoms with Crippen molar-refractivity contribution < 1.29 is 4.79 Å². The molecule has 0 saturated heterocycles. The summed E-state index contributed by atoms with van der Waals surface area (Å²) in [7, 11) is 0. The molecule has 1 amide bonds. The van der Waals surface area contributed by atoms with Crippen molar-refractivity contribution in [3.8, 4) is 6.07 Å². The van der Waals surface area contributed by atoms with Crippen molar-refractivity contribution >= 4 is 39.8 Å². The van der Waals surface area contributed by atoms with Gasteiger partial charge in [0.25, 0.3) is 0 Å². The van der Waals surface area contributed by atoms with Crippen LogP contribution >= 0.6 is 0 Å². The van der Waals surface area contributed by atoms with Crippen LogP contribution in [0.15, 0.2) is 54.6 Å². The third-order valence-electron chi connectivity index (χ3n) is 4.82. The zero-order chi connectivity index (χ0) is 20.5. The first-order valence-corrected chi connectivity index (χ1v) is 9.47. The number of amides is 1. The van der Waals surface area contributed by atoms with E-state index in [1.807, 2.05) is 59.0 Å². The van der Waals surface area contributed by atoms with Crippen LogP contribution in [0.25, 0.3) is 16.7 Å². The summed E-state index contributed by atoms with van der Waals surface area (Å²) in [6, 6.07) is 19.7. The van der Waals surface area contributed by atoms with Crippen LogP contribution in [0.2, 0.25) is 0 Å². The number of nitrogens with one attached hydrogen (secondary N) is 2. The van der Waals surface area contributed by atoms with Gasteiger partial charge in [0.1, 0.15) is 11.9 Å². The Labute approximate surface area is 168 Å². The number of benzene rings is 2. The molecule has 0 saturated carbocycles. The van der Waals surface area contributed by atoms with Gasteiger partial charge in [0.15, 0.2) is 5.65 Å². The fourth-order valence-corrected chi connectivity index (χ4v) is 3.50. The average molecular weight is 383 g/mol. The van der Waals surface area contributed by atoms with Crippen molar-refractivity contribution in [1.29, 1.82) is 5.26 Å². The molecule has 0 aliphatic carbocycles. The van der Waals surface area contributed by atoms with Crippen LogP contribution in [-0.4, -0.2) is 15.3 Å². The van der Waals surface area contributed by atoms with Crippen molar-refractivity contribution in [1.82, 2.24) is 9.38 Å². The molecule has 4 aromatic rings. The Bertz CT molecular complexity index is 1260. The fourth-order valence-electron chi connectivity index (χ4n) is 3.50. The molecular weight excluding hydrogens is 362 g/mol. The topological polar surface area (TPSA) is 82.2 Å². The number of anilines is 3. The smallest absolute Gasteiger partial charge is 0.221 e. The molecule has 0 unspecified atom stereocenters. The van der Waals surface area contributed by atoms with E-state index >= 15 is 0 Å². The number of imidazole rings is 1. The lowest BCUT2D eigenvalue weighted by molar-refractivity contribution is -0.114. The molecule has 0 bridgehead atoms. The number of aromatic nitrogens is 2. The third kappa shape index (κ3) is 3.39. The molecule has 0 spiro atoms. The van der Waals surface area contributed by atoms with Crippen LogP contribution < -0.4 is 10.6 Å². The Morgan fingerprint density at radius 1 is 1.10 bits per heavy atom. The van der Waals surface area contributed by atoms with E-state index in [0.717, 1.165) is 33.8 Å². The van der Waals surface area contributed by atoms with Gasteiger partial charge in [0, 0.05) is 18.3 Å². The standard InChI is InChI=1S/C23H21N5O/c1-14(2)18-12-22(26-17-10-8-16(9-11-17)25-15(3)29)28-21-7-5-4-6-20(21)27-23(28)19(18)13-24/h4-12,14,26H,1-3H3,(H,25,29). The van der Waals surface area contributed by atoms with E-state index in [2.05, 4.69) is 30.6 Å². The molecule has 0 fully saturated rings. The van der Waals surface area contributed by atoms with Gasteiger partial charge in [-0.25, -0.2) is 4.98 Å². The zero-order valence-electron chi connectivity index (χ0n) is 16.5. The van der Waals surface area contributed by atoms with Gasteiger partial charge in [-0.05, 0) is 53.9 Å². The molecule has 2 heterocycles. The second-order valence-electron chi connectivity index (χ2n) is 7.27. The minimum atomic E-state index is -0.106. The minimum absolute atomic E-state index is 0.106. The quantitative estimate of drug-likeness (QED) is 0.508. The molecular formula is C23H21N5O. The van der Waals surface area contributed by atoms with E-state index in [4.69, 9.17) is 4.98 Å². The van der Waals surface area contributed by atoms with Gasteiger partial charge in [-0.1, -0.05) is 26.0 Å². The van der Waals surface area contributed by atoms with Crippen LogP contribution in [0.3, 0.4) is 0 Å². The molecule has 4 rings (SSSR count). The maximum absolute atomic E-state index is 11.2. The highest BCUT2D eigenvalue weighted by molar-refractivity contribution is 5.89. The van der Waals surface area contributed by atoms with Gasteiger partial charge >= 0.3 is 0 Å². The fraction of sp³-hybridized carbons (Fsp3) is 0.174. The number of nitrogens with zero attached hydrogens (tertiary/aromatic N) is 3. The Morgan fingerprint density at radius 3 is 2.45 bits per heavy atom. The van der Waals surface area contributed by atoms with E-state index in [1.54, 1.807) is 0 Å². The monoisotopic (exact) mass is 383 g/mol. The summed E-state index contributed by atoms with van der Waals surface area (Å²) in [6.45, 7) is 5.62. The number of pyridine rings is 1. The summed E-state index contributed by atoms with van der Waals surface area (Å²) in [4.78, 5) is 16.0. The molecule has 2 aromatic carbocycles. The summed E-state index contributed by atoms with van der Waals surface area (Å²) in [5.41, 5.74) is 5.59. The Balaban J connectivity index is 1.89. The first-order chi connectivity index (χ1) is 14.0. The summed E-state index contributed by atoms with van der Waals surface area (Å²) < 4.78 is 1.99. The molecule has 0 atom stereocenters. The highest BCUT2D eigenvalue weighted by Crippen LogP contribution is 2.32. The van der Waals surface area contributed by atoms with Crippen molar-refractivity contribution in [2.45, 2.75) is 26.7 Å². The molecule has 2 N–H and O–H groups in total. The van der Waals surface area contributed by atoms with Crippen LogP contribution in [0.1, 0.15) is 37.8 Å². The summed E-state index contributed by atoms with van der Waals surface area (Å²) in [5, 5.41) is 16.0. The molecule has 0 aliphatic rings. The first kappa shape index (κ1) is 18.5. The number of carbonyl (C=O) groups excluding carboxylic acids is 1. The highest BCUT2D eigenvalue weighted by Gasteiger charge is 2.18. The Hall–Kier alpha value is -3.85. The lowest BCUT2D eigenvalue weighted by Crippen LogP contribution is -2.06. The number of nitriles is 1. The maximum Gasteiger partial charge on any atom is 0.221 e.